The van der Waals surface area contributed by atoms with Gasteiger partial charge in [-0.1, -0.05) is 73.1 Å². The van der Waals surface area contributed by atoms with Gasteiger partial charge in [0.2, 0.25) is 11.8 Å². The Morgan fingerprint density at radius 2 is 1.52 bits per heavy atom. The van der Waals surface area contributed by atoms with Crippen LogP contribution in [0.15, 0.2) is 66.7 Å². The van der Waals surface area contributed by atoms with Crippen LogP contribution in [0.25, 0.3) is 0 Å². The Hall–Kier alpha value is -2.91. The second-order valence-electron chi connectivity index (χ2n) is 8.93. The van der Waals surface area contributed by atoms with E-state index in [1.54, 1.807) is 6.07 Å². The Morgan fingerprint density at radius 3 is 2.10 bits per heavy atom. The standard InChI is InChI=1S/C27H22ClNO2/c1-3-27-19-10-6-4-8-17(19)22(18-9-5-7-11-20(18)27)23-24(27)26(31)29(25(23)30)16-13-12-15(2)21(28)14-16/h4-14,22-24H,3H2,1-2H3/t22?,23-,24+,27?/m0/s1. The summed E-state index contributed by atoms with van der Waals surface area (Å²) in [7, 11) is 0. The van der Waals surface area contributed by atoms with Crippen molar-refractivity contribution < 1.29 is 9.59 Å². The summed E-state index contributed by atoms with van der Waals surface area (Å²) in [5.41, 5.74) is 5.77. The molecule has 0 saturated carbocycles. The predicted octanol–water partition coefficient (Wildman–Crippen LogP) is 5.61. The first kappa shape index (κ1) is 18.8. The maximum atomic E-state index is 14.0. The average Bonchev–Trinajstić information content (AvgIpc) is 3.07. The fourth-order valence-electron chi connectivity index (χ4n) is 6.50. The second kappa shape index (κ2) is 6.30. The molecule has 1 fully saturated rings. The lowest BCUT2D eigenvalue weighted by atomic mass is 9.46. The molecule has 4 heteroatoms. The summed E-state index contributed by atoms with van der Waals surface area (Å²) in [5.74, 6) is -1.11. The zero-order chi connectivity index (χ0) is 21.5. The molecule has 2 atom stereocenters. The van der Waals surface area contributed by atoms with E-state index in [9.17, 15) is 9.59 Å². The molecule has 0 radical (unpaired) electrons. The molecule has 1 saturated heterocycles. The fourth-order valence-corrected chi connectivity index (χ4v) is 6.68. The number of hydrogen-bond donors (Lipinski definition) is 0. The minimum Gasteiger partial charge on any atom is -0.274 e. The first-order chi connectivity index (χ1) is 15.0. The van der Waals surface area contributed by atoms with Crippen molar-refractivity contribution in [3.8, 4) is 0 Å². The van der Waals surface area contributed by atoms with Crippen LogP contribution < -0.4 is 4.90 Å². The number of halogens is 1. The summed E-state index contributed by atoms with van der Waals surface area (Å²) in [4.78, 5) is 29.3. The van der Waals surface area contributed by atoms with Crippen molar-refractivity contribution in [1.82, 2.24) is 0 Å². The predicted molar refractivity (Wildman–Crippen MR) is 121 cm³/mol. The number of anilines is 1. The third-order valence-electron chi connectivity index (χ3n) is 7.77. The topological polar surface area (TPSA) is 37.4 Å². The normalized spacial score (nSPS) is 27.8. The van der Waals surface area contributed by atoms with Crippen LogP contribution in [-0.2, 0) is 15.0 Å². The molecule has 0 N–H and O–H groups in total. The van der Waals surface area contributed by atoms with Gasteiger partial charge in [-0.2, -0.15) is 0 Å². The van der Waals surface area contributed by atoms with Gasteiger partial charge < -0.3 is 0 Å². The monoisotopic (exact) mass is 427 g/mol. The summed E-state index contributed by atoms with van der Waals surface area (Å²) in [5, 5.41) is 0.563. The van der Waals surface area contributed by atoms with E-state index >= 15 is 0 Å². The van der Waals surface area contributed by atoms with Crippen molar-refractivity contribution in [1.29, 1.82) is 0 Å². The number of amides is 2. The number of hydrogen-bond acceptors (Lipinski definition) is 2. The van der Waals surface area contributed by atoms with Crippen LogP contribution >= 0.6 is 11.6 Å². The summed E-state index contributed by atoms with van der Waals surface area (Å²) in [6.45, 7) is 4.05. The molecule has 3 aromatic rings. The Kier molecular flexibility index (Phi) is 3.83. The number of aryl methyl sites for hydroxylation is 1. The zero-order valence-corrected chi connectivity index (χ0v) is 18.2. The van der Waals surface area contributed by atoms with Gasteiger partial charge in [0.05, 0.1) is 17.5 Å². The SMILES string of the molecule is CCC12c3ccccc3C(c3ccccc31)[C@@H]1C(=O)N(c3ccc(C)c(Cl)c3)C(=O)[C@@H]12. The van der Waals surface area contributed by atoms with Crippen molar-refractivity contribution in [2.45, 2.75) is 31.6 Å². The highest BCUT2D eigenvalue weighted by molar-refractivity contribution is 6.32. The Morgan fingerprint density at radius 1 is 0.903 bits per heavy atom. The van der Waals surface area contributed by atoms with Gasteiger partial charge in [-0.05, 0) is 53.3 Å². The summed E-state index contributed by atoms with van der Waals surface area (Å²) >= 11 is 6.36. The number of carbonyl (C=O) groups excluding carboxylic acids is 2. The van der Waals surface area contributed by atoms with Crippen LogP contribution in [0.4, 0.5) is 5.69 Å². The van der Waals surface area contributed by atoms with Crippen molar-refractivity contribution in [2.24, 2.45) is 11.8 Å². The van der Waals surface area contributed by atoms with Crippen LogP contribution in [-0.4, -0.2) is 11.8 Å². The number of rotatable bonds is 2. The molecule has 0 unspecified atom stereocenters. The molecule has 1 heterocycles. The molecule has 154 valence electrons. The van der Waals surface area contributed by atoms with Crippen molar-refractivity contribution in [2.75, 3.05) is 4.90 Å². The van der Waals surface area contributed by atoms with Crippen molar-refractivity contribution >= 4 is 29.1 Å². The summed E-state index contributed by atoms with van der Waals surface area (Å²) in [6.07, 6.45) is 0.760. The third-order valence-corrected chi connectivity index (χ3v) is 8.17. The Balaban J connectivity index is 1.62. The summed E-state index contributed by atoms with van der Waals surface area (Å²) < 4.78 is 0. The van der Waals surface area contributed by atoms with E-state index in [0.29, 0.717) is 10.7 Å². The molecule has 0 spiro atoms. The lowest BCUT2D eigenvalue weighted by molar-refractivity contribution is -0.123. The van der Waals surface area contributed by atoms with Crippen LogP contribution in [0.3, 0.4) is 0 Å². The van der Waals surface area contributed by atoms with Crippen LogP contribution in [0.1, 0.15) is 47.1 Å². The van der Waals surface area contributed by atoms with Crippen LogP contribution in [0.2, 0.25) is 5.02 Å². The first-order valence-corrected chi connectivity index (χ1v) is 11.2. The smallest absolute Gasteiger partial charge is 0.238 e. The minimum atomic E-state index is -0.497. The number of imide groups is 1. The quantitative estimate of drug-likeness (QED) is 0.498. The van der Waals surface area contributed by atoms with Gasteiger partial charge in [-0.3, -0.25) is 9.59 Å². The summed E-state index contributed by atoms with van der Waals surface area (Å²) in [6, 6.07) is 22.2. The number of benzene rings is 3. The maximum Gasteiger partial charge on any atom is 0.238 e. The molecular formula is C27H22ClNO2. The molecule has 3 aromatic carbocycles. The Labute approximate surface area is 186 Å². The fraction of sp³-hybridized carbons (Fsp3) is 0.259. The molecule has 1 aliphatic heterocycles. The van der Waals surface area contributed by atoms with Crippen molar-refractivity contribution in [3.63, 3.8) is 0 Å². The molecule has 0 aromatic heterocycles. The molecule has 2 amide bonds. The molecule has 31 heavy (non-hydrogen) atoms. The van der Waals surface area contributed by atoms with E-state index in [-0.39, 0.29) is 17.7 Å². The van der Waals surface area contributed by atoms with Gasteiger partial charge in [0.1, 0.15) is 0 Å². The van der Waals surface area contributed by atoms with Crippen LogP contribution in [0, 0.1) is 18.8 Å². The van der Waals surface area contributed by atoms with Crippen molar-refractivity contribution in [3.05, 3.63) is 99.6 Å². The van der Waals surface area contributed by atoms with Gasteiger partial charge in [-0.25, -0.2) is 4.90 Å². The van der Waals surface area contributed by atoms with Gasteiger partial charge in [-0.15, -0.1) is 0 Å². The van der Waals surface area contributed by atoms with E-state index < -0.39 is 17.3 Å². The van der Waals surface area contributed by atoms with Gasteiger partial charge >= 0.3 is 0 Å². The van der Waals surface area contributed by atoms with Crippen LogP contribution in [0.5, 0.6) is 0 Å². The van der Waals surface area contributed by atoms with Gasteiger partial charge in [0.15, 0.2) is 0 Å². The average molecular weight is 428 g/mol. The first-order valence-electron chi connectivity index (χ1n) is 10.8. The molecule has 4 aliphatic rings. The van der Waals surface area contributed by atoms with E-state index in [2.05, 4.69) is 31.2 Å². The zero-order valence-electron chi connectivity index (χ0n) is 17.4. The molecule has 3 nitrogen and oxygen atoms in total. The van der Waals surface area contributed by atoms with E-state index in [1.807, 2.05) is 43.3 Å². The second-order valence-corrected chi connectivity index (χ2v) is 9.33. The third kappa shape index (κ3) is 2.15. The maximum absolute atomic E-state index is 14.0. The highest BCUT2D eigenvalue weighted by Gasteiger charge is 2.67. The molecule has 3 aliphatic carbocycles. The van der Waals surface area contributed by atoms with E-state index in [1.165, 1.54) is 27.2 Å². The highest BCUT2D eigenvalue weighted by atomic mass is 35.5. The number of carbonyl (C=O) groups is 2. The largest absolute Gasteiger partial charge is 0.274 e. The molecule has 7 rings (SSSR count). The lowest BCUT2D eigenvalue weighted by Gasteiger charge is -2.54. The highest BCUT2D eigenvalue weighted by Crippen LogP contribution is 2.65. The molecule has 2 bridgehead atoms. The Bertz CT molecular complexity index is 1230. The van der Waals surface area contributed by atoms with Gasteiger partial charge in [0.25, 0.3) is 0 Å². The van der Waals surface area contributed by atoms with E-state index in [4.69, 9.17) is 11.6 Å². The lowest BCUT2D eigenvalue weighted by Crippen LogP contribution is -2.53. The number of nitrogens with zero attached hydrogens (tertiary/aromatic N) is 1. The van der Waals surface area contributed by atoms with Gasteiger partial charge in [0, 0.05) is 16.4 Å². The van der Waals surface area contributed by atoms with E-state index in [0.717, 1.165) is 12.0 Å². The molecular weight excluding hydrogens is 406 g/mol. The minimum absolute atomic E-state index is 0.104.